The van der Waals surface area contributed by atoms with Crippen molar-refractivity contribution in [1.82, 2.24) is 20.2 Å². The van der Waals surface area contributed by atoms with Crippen molar-refractivity contribution in [1.29, 1.82) is 5.26 Å². The van der Waals surface area contributed by atoms with E-state index >= 15 is 0 Å². The largest absolute Gasteiger partial charge is 0.492 e. The summed E-state index contributed by atoms with van der Waals surface area (Å²) in [5.74, 6) is 0.755. The molecule has 182 valence electrons. The van der Waals surface area contributed by atoms with Crippen LogP contribution >= 0.6 is 0 Å². The lowest BCUT2D eigenvalue weighted by atomic mass is 9.98. The third kappa shape index (κ3) is 4.94. The number of carbonyl (C=O) groups excluding carboxylic acids is 1. The molecule has 2 fully saturated rings. The number of nitrogens with one attached hydrogen (secondary N) is 3. The van der Waals surface area contributed by atoms with Crippen LogP contribution in [0.1, 0.15) is 45.1 Å². The van der Waals surface area contributed by atoms with Gasteiger partial charge in [-0.3, -0.25) is 19.1 Å². The van der Waals surface area contributed by atoms with E-state index in [0.29, 0.717) is 36.2 Å². The van der Waals surface area contributed by atoms with Crippen LogP contribution in [0.2, 0.25) is 0 Å². The zero-order valence-corrected chi connectivity index (χ0v) is 19.7. The molecular formula is C24H32N6O4. The van der Waals surface area contributed by atoms with Crippen LogP contribution in [0, 0.1) is 17.2 Å². The first-order chi connectivity index (χ1) is 16.4. The number of hydrogen-bond acceptors (Lipinski definition) is 7. The molecule has 1 saturated heterocycles. The minimum absolute atomic E-state index is 0.0712. The Kier molecular flexibility index (Phi) is 7.22. The van der Waals surface area contributed by atoms with E-state index in [1.807, 2.05) is 6.07 Å². The van der Waals surface area contributed by atoms with Gasteiger partial charge < -0.3 is 20.3 Å². The van der Waals surface area contributed by atoms with Gasteiger partial charge >= 0.3 is 5.69 Å². The van der Waals surface area contributed by atoms with Crippen molar-refractivity contribution in [2.24, 2.45) is 5.92 Å². The molecule has 0 bridgehead atoms. The fourth-order valence-corrected chi connectivity index (χ4v) is 4.89. The second-order valence-electron chi connectivity index (χ2n) is 9.13. The predicted octanol–water partition coefficient (Wildman–Crippen LogP) is 1.26. The number of ether oxygens (including phenoxy) is 1. The number of rotatable bonds is 10. The van der Waals surface area contributed by atoms with Crippen LogP contribution in [-0.4, -0.2) is 54.8 Å². The number of methoxy groups -OCH3 is 1. The summed E-state index contributed by atoms with van der Waals surface area (Å²) in [5.41, 5.74) is 0.619. The van der Waals surface area contributed by atoms with E-state index in [9.17, 15) is 14.4 Å². The summed E-state index contributed by atoms with van der Waals surface area (Å²) in [6.45, 7) is 4.28. The molecule has 2 aliphatic rings. The Bertz CT molecular complexity index is 1210. The molecule has 1 aromatic heterocycles. The molecule has 2 unspecified atom stereocenters. The Balaban J connectivity index is 1.61. The van der Waals surface area contributed by atoms with Gasteiger partial charge in [-0.15, -0.1) is 0 Å². The lowest BCUT2D eigenvalue weighted by Gasteiger charge is -2.27. The summed E-state index contributed by atoms with van der Waals surface area (Å²) in [6.07, 6.45) is 3.98. The number of nitrogens with zero attached hydrogens (tertiary/aromatic N) is 3. The molecule has 1 saturated carbocycles. The van der Waals surface area contributed by atoms with Gasteiger partial charge in [0.1, 0.15) is 5.52 Å². The molecule has 0 radical (unpaired) electrons. The first-order valence-corrected chi connectivity index (χ1v) is 11.9. The first-order valence-electron chi connectivity index (χ1n) is 11.9. The summed E-state index contributed by atoms with van der Waals surface area (Å²) in [4.78, 5) is 41.3. The van der Waals surface area contributed by atoms with Gasteiger partial charge in [-0.2, -0.15) is 5.26 Å². The van der Waals surface area contributed by atoms with E-state index in [2.05, 4.69) is 26.6 Å². The zero-order valence-electron chi connectivity index (χ0n) is 19.7. The second-order valence-corrected chi connectivity index (χ2v) is 9.13. The topological polar surface area (TPSA) is 132 Å². The minimum Gasteiger partial charge on any atom is -0.492 e. The molecule has 3 N–H and O–H groups in total. The predicted molar refractivity (Wildman–Crippen MR) is 129 cm³/mol. The van der Waals surface area contributed by atoms with Crippen molar-refractivity contribution in [3.63, 3.8) is 0 Å². The van der Waals surface area contributed by atoms with Crippen molar-refractivity contribution in [3.8, 4) is 11.8 Å². The third-order valence-corrected chi connectivity index (χ3v) is 6.73. The molecule has 2 atom stereocenters. The Morgan fingerprint density at radius 1 is 1.32 bits per heavy atom. The number of nitriles is 1. The smallest absolute Gasteiger partial charge is 0.329 e. The highest BCUT2D eigenvalue weighted by molar-refractivity contribution is 5.90. The number of H-pyrrole nitrogens is 1. The average Bonchev–Trinajstić information content (AvgIpc) is 3.53. The lowest BCUT2D eigenvalue weighted by molar-refractivity contribution is -0.119. The normalized spacial score (nSPS) is 18.6. The molecule has 2 heterocycles. The number of fused-ring (bicyclic) bond motifs is 1. The van der Waals surface area contributed by atoms with Gasteiger partial charge in [0.2, 0.25) is 5.91 Å². The standard InChI is InChI=1S/C24H32N6O4/c1-15(31)27-13-19(26-11-4-3-10-25)16-9-12-29(14-16)20-8-7-18-21(22(20)34-2)30(17-5-6-17)24(33)28-23(18)32/h7-8,16-17,19,26H,3-6,9,11-14H2,1-2H3,(H,27,31)(H,28,32,33). The second kappa shape index (κ2) is 10.3. The molecule has 4 rings (SSSR count). The maximum absolute atomic E-state index is 12.6. The van der Waals surface area contributed by atoms with Crippen molar-refractivity contribution >= 4 is 22.5 Å². The van der Waals surface area contributed by atoms with Crippen molar-refractivity contribution in [3.05, 3.63) is 33.0 Å². The molecule has 1 aliphatic heterocycles. The van der Waals surface area contributed by atoms with E-state index in [4.69, 9.17) is 10.00 Å². The molecule has 10 heteroatoms. The van der Waals surface area contributed by atoms with E-state index in [-0.39, 0.29) is 23.9 Å². The van der Waals surface area contributed by atoms with Crippen LogP contribution in [0.3, 0.4) is 0 Å². The number of amides is 1. The highest BCUT2D eigenvalue weighted by Gasteiger charge is 2.33. The molecule has 1 aliphatic carbocycles. The molecular weight excluding hydrogens is 436 g/mol. The van der Waals surface area contributed by atoms with E-state index < -0.39 is 11.2 Å². The Hall–Kier alpha value is -3.32. The Labute approximate surface area is 197 Å². The fourth-order valence-electron chi connectivity index (χ4n) is 4.89. The van der Waals surface area contributed by atoms with Gasteiger partial charge in [-0.1, -0.05) is 0 Å². The highest BCUT2D eigenvalue weighted by Crippen LogP contribution is 2.42. The zero-order chi connectivity index (χ0) is 24.2. The van der Waals surface area contributed by atoms with Crippen LogP contribution in [-0.2, 0) is 4.79 Å². The lowest BCUT2D eigenvalue weighted by Crippen LogP contribution is -2.46. The molecule has 10 nitrogen and oxygen atoms in total. The maximum atomic E-state index is 12.6. The number of benzene rings is 1. The maximum Gasteiger partial charge on any atom is 0.329 e. The number of unbranched alkanes of at least 4 members (excludes halogenated alkanes) is 1. The van der Waals surface area contributed by atoms with Gasteiger partial charge in [-0.25, -0.2) is 4.79 Å². The summed E-state index contributed by atoms with van der Waals surface area (Å²) in [6, 6.07) is 5.98. The molecule has 1 amide bonds. The average molecular weight is 469 g/mol. The van der Waals surface area contributed by atoms with Crippen LogP contribution in [0.15, 0.2) is 21.7 Å². The minimum atomic E-state index is -0.405. The Morgan fingerprint density at radius 3 is 2.79 bits per heavy atom. The molecule has 2 aromatic rings. The van der Waals surface area contributed by atoms with E-state index in [0.717, 1.165) is 44.5 Å². The third-order valence-electron chi connectivity index (χ3n) is 6.73. The van der Waals surface area contributed by atoms with Gasteiger partial charge in [0.05, 0.1) is 24.3 Å². The number of anilines is 1. The fraction of sp³-hybridized carbons (Fsp3) is 0.583. The monoisotopic (exact) mass is 468 g/mol. The summed E-state index contributed by atoms with van der Waals surface area (Å²) in [5, 5.41) is 15.7. The molecule has 1 aromatic carbocycles. The highest BCUT2D eigenvalue weighted by atomic mass is 16.5. The van der Waals surface area contributed by atoms with Crippen molar-refractivity contribution in [2.75, 3.05) is 38.2 Å². The molecule has 34 heavy (non-hydrogen) atoms. The van der Waals surface area contributed by atoms with Crippen molar-refractivity contribution < 1.29 is 9.53 Å². The van der Waals surface area contributed by atoms with Gasteiger partial charge in [0.15, 0.2) is 5.75 Å². The number of aromatic amines is 1. The quantitative estimate of drug-likeness (QED) is 0.447. The van der Waals surface area contributed by atoms with Gasteiger partial charge in [-0.05, 0) is 50.3 Å². The SMILES string of the molecule is COc1c(N2CCC(C(CNC(C)=O)NCCCC#N)C2)ccc2c(=O)[nH]c(=O)n(C3CC3)c12. The van der Waals surface area contributed by atoms with Crippen LogP contribution in [0.4, 0.5) is 5.69 Å². The van der Waals surface area contributed by atoms with Crippen LogP contribution in [0.25, 0.3) is 10.9 Å². The summed E-state index contributed by atoms with van der Waals surface area (Å²) < 4.78 is 7.48. The number of carbonyl (C=O) groups is 1. The van der Waals surface area contributed by atoms with Gasteiger partial charge in [0, 0.05) is 45.1 Å². The first kappa shape index (κ1) is 23.8. The van der Waals surface area contributed by atoms with Gasteiger partial charge in [0.25, 0.3) is 5.56 Å². The Morgan fingerprint density at radius 2 is 2.12 bits per heavy atom. The van der Waals surface area contributed by atoms with Crippen LogP contribution < -0.4 is 31.5 Å². The summed E-state index contributed by atoms with van der Waals surface area (Å²) >= 11 is 0. The number of hydrogen-bond donors (Lipinski definition) is 3. The molecule has 0 spiro atoms. The van der Waals surface area contributed by atoms with Crippen molar-refractivity contribution in [2.45, 2.75) is 51.1 Å². The van der Waals surface area contributed by atoms with E-state index in [1.165, 1.54) is 6.92 Å². The van der Waals surface area contributed by atoms with E-state index in [1.54, 1.807) is 17.7 Å². The van der Waals surface area contributed by atoms with Crippen LogP contribution in [0.5, 0.6) is 5.75 Å². The number of aromatic nitrogens is 2. The summed E-state index contributed by atoms with van der Waals surface area (Å²) in [7, 11) is 1.57.